The van der Waals surface area contributed by atoms with E-state index in [1.807, 2.05) is 19.9 Å². The summed E-state index contributed by atoms with van der Waals surface area (Å²) in [4.78, 5) is 0. The van der Waals surface area contributed by atoms with E-state index in [2.05, 4.69) is 22.5 Å². The minimum atomic E-state index is -0.536. The van der Waals surface area contributed by atoms with Crippen molar-refractivity contribution in [1.29, 1.82) is 0 Å². The smallest absolute Gasteiger partial charge is 0.101 e. The summed E-state index contributed by atoms with van der Waals surface area (Å²) in [7, 11) is 1.57. The molecule has 2 nitrogen and oxygen atoms in total. The third-order valence-corrected chi connectivity index (χ3v) is 3.02. The van der Waals surface area contributed by atoms with E-state index in [1.165, 1.54) is 5.57 Å². The summed E-state index contributed by atoms with van der Waals surface area (Å²) >= 11 is 3.36. The van der Waals surface area contributed by atoms with Crippen molar-refractivity contribution in [3.63, 3.8) is 0 Å². The molecular formula is C11H19BrO2. The van der Waals surface area contributed by atoms with Gasteiger partial charge in [-0.3, -0.25) is 0 Å². The van der Waals surface area contributed by atoms with Crippen LogP contribution in [0.2, 0.25) is 0 Å². The van der Waals surface area contributed by atoms with Crippen LogP contribution in [0.5, 0.6) is 0 Å². The molecule has 0 rings (SSSR count). The standard InChI is InChI=1S/C11H19BrO2/c1-5-10(14-4)11(13)9(3)6-8(2)7-12/h5-6,9-11,13H,1,7H2,2-4H3/b8-6-/t9-,10-,11+/m1/s1. The van der Waals surface area contributed by atoms with Crippen molar-refractivity contribution < 1.29 is 9.84 Å². The fourth-order valence-electron chi connectivity index (χ4n) is 1.27. The molecule has 0 bridgehead atoms. The van der Waals surface area contributed by atoms with Gasteiger partial charge < -0.3 is 9.84 Å². The summed E-state index contributed by atoms with van der Waals surface area (Å²) in [5.74, 6) is 0.0653. The molecule has 0 saturated heterocycles. The lowest BCUT2D eigenvalue weighted by atomic mass is 9.97. The van der Waals surface area contributed by atoms with Crippen LogP contribution in [-0.4, -0.2) is 29.8 Å². The van der Waals surface area contributed by atoms with Crippen LogP contribution in [0.4, 0.5) is 0 Å². The Kier molecular flexibility index (Phi) is 7.15. The third-order valence-electron chi connectivity index (χ3n) is 2.14. The molecule has 0 aromatic heterocycles. The van der Waals surface area contributed by atoms with Crippen LogP contribution in [0.15, 0.2) is 24.3 Å². The van der Waals surface area contributed by atoms with Gasteiger partial charge in [-0.25, -0.2) is 0 Å². The van der Waals surface area contributed by atoms with E-state index in [0.29, 0.717) is 0 Å². The summed E-state index contributed by atoms with van der Waals surface area (Å²) in [6, 6.07) is 0. The molecule has 0 aliphatic rings. The number of aliphatic hydroxyl groups excluding tert-OH is 1. The van der Waals surface area contributed by atoms with E-state index >= 15 is 0 Å². The number of allylic oxidation sites excluding steroid dienone is 1. The number of hydrogen-bond acceptors (Lipinski definition) is 2. The van der Waals surface area contributed by atoms with Crippen molar-refractivity contribution >= 4 is 15.9 Å². The maximum Gasteiger partial charge on any atom is 0.101 e. The lowest BCUT2D eigenvalue weighted by Gasteiger charge is -2.22. The number of halogens is 1. The molecule has 1 N–H and O–H groups in total. The lowest BCUT2D eigenvalue weighted by Crippen LogP contribution is -2.31. The Morgan fingerprint density at radius 1 is 1.64 bits per heavy atom. The van der Waals surface area contributed by atoms with Gasteiger partial charge >= 0.3 is 0 Å². The zero-order chi connectivity index (χ0) is 11.1. The maximum atomic E-state index is 9.87. The molecule has 0 aromatic carbocycles. The Hall–Kier alpha value is -0.120. The highest BCUT2D eigenvalue weighted by Crippen LogP contribution is 2.14. The first kappa shape index (κ1) is 13.9. The summed E-state index contributed by atoms with van der Waals surface area (Å²) in [5.41, 5.74) is 1.20. The fourth-order valence-corrected chi connectivity index (χ4v) is 1.45. The first-order chi connectivity index (χ1) is 6.56. The molecule has 0 aliphatic carbocycles. The molecule has 0 heterocycles. The maximum absolute atomic E-state index is 9.87. The highest BCUT2D eigenvalue weighted by molar-refractivity contribution is 9.09. The van der Waals surface area contributed by atoms with Gasteiger partial charge in [-0.1, -0.05) is 40.6 Å². The SMILES string of the molecule is C=C[C@@H](OC)[C@@H](O)[C@H](C)/C=C(/C)CBr. The highest BCUT2D eigenvalue weighted by atomic mass is 79.9. The van der Waals surface area contributed by atoms with Crippen LogP contribution in [-0.2, 0) is 4.74 Å². The van der Waals surface area contributed by atoms with Gasteiger partial charge in [0.1, 0.15) is 6.10 Å². The molecule has 0 radical (unpaired) electrons. The fraction of sp³-hybridized carbons (Fsp3) is 0.636. The first-order valence-electron chi connectivity index (χ1n) is 4.63. The predicted octanol–water partition coefficient (Wildman–Crippen LogP) is 2.53. The topological polar surface area (TPSA) is 29.5 Å². The van der Waals surface area contributed by atoms with E-state index in [9.17, 15) is 5.11 Å². The number of aliphatic hydroxyl groups is 1. The molecule has 0 saturated carbocycles. The van der Waals surface area contributed by atoms with Crippen molar-refractivity contribution in [3.05, 3.63) is 24.3 Å². The largest absolute Gasteiger partial charge is 0.389 e. The van der Waals surface area contributed by atoms with Crippen LogP contribution in [0.3, 0.4) is 0 Å². The van der Waals surface area contributed by atoms with Gasteiger partial charge in [-0.2, -0.15) is 0 Å². The molecule has 82 valence electrons. The number of alkyl halides is 1. The second-order valence-corrected chi connectivity index (χ2v) is 3.99. The normalized spacial score (nSPS) is 18.8. The zero-order valence-electron chi connectivity index (χ0n) is 9.03. The van der Waals surface area contributed by atoms with Crippen LogP contribution >= 0.6 is 15.9 Å². The average molecular weight is 263 g/mol. The number of ether oxygens (including phenoxy) is 1. The average Bonchev–Trinajstić information content (AvgIpc) is 2.19. The monoisotopic (exact) mass is 262 g/mol. The molecule has 0 unspecified atom stereocenters. The van der Waals surface area contributed by atoms with Gasteiger partial charge in [0, 0.05) is 18.4 Å². The molecule has 0 aromatic rings. The van der Waals surface area contributed by atoms with Gasteiger partial charge in [0.05, 0.1) is 6.10 Å². The summed E-state index contributed by atoms with van der Waals surface area (Å²) in [5, 5.41) is 10.7. The Labute approximate surface area is 94.8 Å². The molecule has 14 heavy (non-hydrogen) atoms. The number of hydrogen-bond donors (Lipinski definition) is 1. The number of rotatable bonds is 6. The molecule has 0 fully saturated rings. The second-order valence-electron chi connectivity index (χ2n) is 3.43. The molecule has 0 amide bonds. The van der Waals surface area contributed by atoms with Crippen LogP contribution in [0.1, 0.15) is 13.8 Å². The van der Waals surface area contributed by atoms with Crippen molar-refractivity contribution in [1.82, 2.24) is 0 Å². The van der Waals surface area contributed by atoms with Crippen molar-refractivity contribution in [2.24, 2.45) is 5.92 Å². The quantitative estimate of drug-likeness (QED) is 0.589. The molecule has 0 spiro atoms. The molecular weight excluding hydrogens is 244 g/mol. The van der Waals surface area contributed by atoms with Crippen LogP contribution < -0.4 is 0 Å². The van der Waals surface area contributed by atoms with E-state index in [0.717, 1.165) is 5.33 Å². The van der Waals surface area contributed by atoms with Gasteiger partial charge in [-0.05, 0) is 6.92 Å². The highest BCUT2D eigenvalue weighted by Gasteiger charge is 2.20. The summed E-state index contributed by atoms with van der Waals surface area (Å²) < 4.78 is 5.09. The van der Waals surface area contributed by atoms with E-state index in [-0.39, 0.29) is 12.0 Å². The van der Waals surface area contributed by atoms with E-state index in [1.54, 1.807) is 13.2 Å². The molecule has 3 heteroatoms. The van der Waals surface area contributed by atoms with Crippen molar-refractivity contribution in [2.45, 2.75) is 26.1 Å². The Morgan fingerprint density at radius 3 is 2.57 bits per heavy atom. The minimum Gasteiger partial charge on any atom is -0.389 e. The summed E-state index contributed by atoms with van der Waals surface area (Å²) in [6.45, 7) is 7.61. The predicted molar refractivity (Wildman–Crippen MR) is 63.7 cm³/mol. The Balaban J connectivity index is 4.36. The second kappa shape index (κ2) is 7.21. The van der Waals surface area contributed by atoms with Crippen molar-refractivity contribution in [2.75, 3.05) is 12.4 Å². The first-order valence-corrected chi connectivity index (χ1v) is 5.75. The van der Waals surface area contributed by atoms with Gasteiger partial charge in [0.25, 0.3) is 0 Å². The Bertz CT molecular complexity index is 201. The third kappa shape index (κ3) is 4.40. The number of methoxy groups -OCH3 is 1. The van der Waals surface area contributed by atoms with Gasteiger partial charge in [0.15, 0.2) is 0 Å². The van der Waals surface area contributed by atoms with E-state index < -0.39 is 6.10 Å². The molecule has 3 atom stereocenters. The molecule has 0 aliphatic heterocycles. The van der Waals surface area contributed by atoms with Crippen LogP contribution in [0, 0.1) is 5.92 Å². The van der Waals surface area contributed by atoms with Crippen LogP contribution in [0.25, 0.3) is 0 Å². The summed E-state index contributed by atoms with van der Waals surface area (Å²) in [6.07, 6.45) is 2.82. The minimum absolute atomic E-state index is 0.0653. The van der Waals surface area contributed by atoms with Crippen molar-refractivity contribution in [3.8, 4) is 0 Å². The zero-order valence-corrected chi connectivity index (χ0v) is 10.6. The van der Waals surface area contributed by atoms with E-state index in [4.69, 9.17) is 4.74 Å². The van der Waals surface area contributed by atoms with Gasteiger partial charge in [0.2, 0.25) is 0 Å². The van der Waals surface area contributed by atoms with Gasteiger partial charge in [-0.15, -0.1) is 6.58 Å². The Morgan fingerprint density at radius 2 is 2.21 bits per heavy atom. The lowest BCUT2D eigenvalue weighted by molar-refractivity contribution is -0.00151.